The van der Waals surface area contributed by atoms with E-state index >= 15 is 0 Å². The lowest BCUT2D eigenvalue weighted by Gasteiger charge is -2.22. The fourth-order valence-corrected chi connectivity index (χ4v) is 3.43. The molecule has 0 bridgehead atoms. The summed E-state index contributed by atoms with van der Waals surface area (Å²) in [5.41, 5.74) is 2.93. The monoisotopic (exact) mass is 334 g/mol. The highest BCUT2D eigenvalue weighted by atomic mass is 16.2. The number of aryl methyl sites for hydroxylation is 1. The van der Waals surface area contributed by atoms with Gasteiger partial charge < -0.3 is 0 Å². The van der Waals surface area contributed by atoms with Crippen molar-refractivity contribution in [3.8, 4) is 0 Å². The molecule has 2 aromatic rings. The normalized spacial score (nSPS) is 15.5. The highest BCUT2D eigenvalue weighted by Gasteiger charge is 2.44. The van der Waals surface area contributed by atoms with Crippen molar-refractivity contribution in [2.24, 2.45) is 11.8 Å². The third-order valence-corrected chi connectivity index (χ3v) is 5.00. The molecule has 1 aliphatic rings. The largest absolute Gasteiger partial charge is 0.299 e. The molecule has 25 heavy (non-hydrogen) atoms. The molecule has 3 heteroatoms. The van der Waals surface area contributed by atoms with Crippen molar-refractivity contribution in [1.82, 2.24) is 0 Å². The van der Waals surface area contributed by atoms with E-state index < -0.39 is 11.8 Å². The minimum Gasteiger partial charge on any atom is -0.299 e. The first kappa shape index (κ1) is 17.3. The Morgan fingerprint density at radius 1 is 0.920 bits per heavy atom. The summed E-state index contributed by atoms with van der Waals surface area (Å²) in [6.45, 7) is 5.68. The molecule has 1 aliphatic carbocycles. The van der Waals surface area contributed by atoms with Crippen LogP contribution in [0.5, 0.6) is 0 Å². The van der Waals surface area contributed by atoms with Gasteiger partial charge in [0.15, 0.2) is 11.6 Å². The van der Waals surface area contributed by atoms with Crippen LogP contribution in [0.15, 0.2) is 48.5 Å². The van der Waals surface area contributed by atoms with Gasteiger partial charge in [0.2, 0.25) is 0 Å². The van der Waals surface area contributed by atoms with Crippen LogP contribution in [0.2, 0.25) is 0 Å². The van der Waals surface area contributed by atoms with Crippen LogP contribution < -0.4 is 0 Å². The zero-order chi connectivity index (χ0) is 18.1. The van der Waals surface area contributed by atoms with Gasteiger partial charge in [0, 0.05) is 29.4 Å². The maximum atomic E-state index is 12.9. The predicted octanol–water partition coefficient (Wildman–Crippen LogP) is 4.39. The predicted molar refractivity (Wildman–Crippen MR) is 97.0 cm³/mol. The molecule has 1 atom stereocenters. The van der Waals surface area contributed by atoms with Crippen molar-refractivity contribution in [3.63, 3.8) is 0 Å². The SMILES string of the molecule is Cc1ccc(C(CC(=O)C(C)C)C2C(=O)c3ccccc3C2=O)cc1. The molecule has 2 aromatic carbocycles. The molecule has 0 aromatic heterocycles. The summed E-state index contributed by atoms with van der Waals surface area (Å²) >= 11 is 0. The summed E-state index contributed by atoms with van der Waals surface area (Å²) < 4.78 is 0. The molecule has 1 unspecified atom stereocenters. The Labute approximate surface area is 148 Å². The van der Waals surface area contributed by atoms with Gasteiger partial charge in [-0.1, -0.05) is 67.9 Å². The van der Waals surface area contributed by atoms with Gasteiger partial charge in [-0.3, -0.25) is 14.4 Å². The number of Topliss-reactive ketones (excluding diaryl/α,β-unsaturated/α-hetero) is 3. The third kappa shape index (κ3) is 3.19. The smallest absolute Gasteiger partial charge is 0.175 e. The van der Waals surface area contributed by atoms with E-state index in [0.717, 1.165) is 11.1 Å². The second-order valence-electron chi connectivity index (χ2n) is 7.09. The fraction of sp³-hybridized carbons (Fsp3) is 0.318. The number of carbonyl (C=O) groups is 3. The van der Waals surface area contributed by atoms with Crippen LogP contribution in [0.25, 0.3) is 0 Å². The summed E-state index contributed by atoms with van der Waals surface area (Å²) in [5, 5.41) is 0. The van der Waals surface area contributed by atoms with Gasteiger partial charge in [0.1, 0.15) is 5.78 Å². The van der Waals surface area contributed by atoms with Crippen LogP contribution in [-0.2, 0) is 4.79 Å². The van der Waals surface area contributed by atoms with E-state index in [0.29, 0.717) is 11.1 Å². The highest BCUT2D eigenvalue weighted by Crippen LogP contribution is 2.39. The third-order valence-electron chi connectivity index (χ3n) is 5.00. The van der Waals surface area contributed by atoms with Crippen molar-refractivity contribution in [2.45, 2.75) is 33.1 Å². The van der Waals surface area contributed by atoms with E-state index in [2.05, 4.69) is 0 Å². The molecule has 0 fully saturated rings. The van der Waals surface area contributed by atoms with E-state index in [-0.39, 0.29) is 29.7 Å². The lowest BCUT2D eigenvalue weighted by atomic mass is 9.78. The Hall–Kier alpha value is -2.55. The van der Waals surface area contributed by atoms with Crippen molar-refractivity contribution in [2.75, 3.05) is 0 Å². The number of benzene rings is 2. The summed E-state index contributed by atoms with van der Waals surface area (Å²) in [7, 11) is 0. The second kappa shape index (κ2) is 6.75. The van der Waals surface area contributed by atoms with Crippen LogP contribution in [0.1, 0.15) is 58.0 Å². The number of carbonyl (C=O) groups excluding carboxylic acids is 3. The molecule has 0 saturated carbocycles. The molecular formula is C22H22O3. The van der Waals surface area contributed by atoms with Gasteiger partial charge in [-0.15, -0.1) is 0 Å². The van der Waals surface area contributed by atoms with Gasteiger partial charge in [-0.05, 0) is 12.5 Å². The van der Waals surface area contributed by atoms with Crippen molar-refractivity contribution < 1.29 is 14.4 Å². The molecule has 3 nitrogen and oxygen atoms in total. The summed E-state index contributed by atoms with van der Waals surface area (Å²) in [6.07, 6.45) is 0.205. The molecule has 0 saturated heterocycles. The minimum absolute atomic E-state index is 0.0714. The van der Waals surface area contributed by atoms with Gasteiger partial charge in [-0.2, -0.15) is 0 Å². The first-order chi connectivity index (χ1) is 11.9. The van der Waals surface area contributed by atoms with Crippen molar-refractivity contribution in [3.05, 3.63) is 70.8 Å². The topological polar surface area (TPSA) is 51.2 Å². The number of ketones is 3. The quantitative estimate of drug-likeness (QED) is 0.762. The Balaban J connectivity index is 2.03. The van der Waals surface area contributed by atoms with Crippen molar-refractivity contribution in [1.29, 1.82) is 0 Å². The molecular weight excluding hydrogens is 312 g/mol. The molecule has 0 N–H and O–H groups in total. The Morgan fingerprint density at radius 2 is 1.44 bits per heavy atom. The average molecular weight is 334 g/mol. The zero-order valence-electron chi connectivity index (χ0n) is 14.8. The van der Waals surface area contributed by atoms with E-state index in [1.165, 1.54) is 0 Å². The summed E-state index contributed by atoms with van der Waals surface area (Å²) in [5.74, 6) is -1.60. The van der Waals surface area contributed by atoms with Gasteiger partial charge >= 0.3 is 0 Å². The van der Waals surface area contributed by atoms with Crippen LogP contribution in [0.3, 0.4) is 0 Å². The fourth-order valence-electron chi connectivity index (χ4n) is 3.43. The molecule has 0 amide bonds. The van der Waals surface area contributed by atoms with E-state index in [1.54, 1.807) is 24.3 Å². The number of hydrogen-bond donors (Lipinski definition) is 0. The second-order valence-corrected chi connectivity index (χ2v) is 7.09. The van der Waals surface area contributed by atoms with Gasteiger partial charge in [0.05, 0.1) is 5.92 Å². The minimum atomic E-state index is -0.803. The summed E-state index contributed by atoms with van der Waals surface area (Å²) in [6, 6.07) is 14.7. The van der Waals surface area contributed by atoms with E-state index in [4.69, 9.17) is 0 Å². The van der Waals surface area contributed by atoms with E-state index in [9.17, 15) is 14.4 Å². The average Bonchev–Trinajstić information content (AvgIpc) is 2.85. The van der Waals surface area contributed by atoms with Crippen LogP contribution in [-0.4, -0.2) is 17.3 Å². The van der Waals surface area contributed by atoms with Gasteiger partial charge in [0.25, 0.3) is 0 Å². The Kier molecular flexibility index (Phi) is 4.67. The first-order valence-electron chi connectivity index (χ1n) is 8.67. The Bertz CT molecular complexity index is 796. The number of rotatable bonds is 5. The lowest BCUT2D eigenvalue weighted by Crippen LogP contribution is -2.27. The van der Waals surface area contributed by atoms with Gasteiger partial charge in [-0.25, -0.2) is 0 Å². The molecule has 128 valence electrons. The number of hydrogen-bond acceptors (Lipinski definition) is 3. The van der Waals surface area contributed by atoms with Crippen LogP contribution in [0, 0.1) is 18.8 Å². The molecule has 0 heterocycles. The summed E-state index contributed by atoms with van der Waals surface area (Å²) in [4.78, 5) is 38.2. The zero-order valence-corrected chi connectivity index (χ0v) is 14.8. The highest BCUT2D eigenvalue weighted by molar-refractivity contribution is 6.27. The standard InChI is InChI=1S/C22H22O3/c1-13(2)19(23)12-18(15-10-8-14(3)9-11-15)20-21(24)16-6-4-5-7-17(16)22(20)25/h4-11,13,18,20H,12H2,1-3H3. The number of fused-ring (bicyclic) bond motifs is 1. The molecule has 0 radical (unpaired) electrons. The van der Waals surface area contributed by atoms with Crippen LogP contribution >= 0.6 is 0 Å². The maximum absolute atomic E-state index is 12.9. The first-order valence-corrected chi connectivity index (χ1v) is 8.67. The van der Waals surface area contributed by atoms with Crippen molar-refractivity contribution >= 4 is 17.3 Å². The molecule has 0 spiro atoms. The Morgan fingerprint density at radius 3 is 1.92 bits per heavy atom. The maximum Gasteiger partial charge on any atom is 0.175 e. The van der Waals surface area contributed by atoms with Crippen LogP contribution in [0.4, 0.5) is 0 Å². The molecule has 0 aliphatic heterocycles. The molecule has 3 rings (SSSR count). The van der Waals surface area contributed by atoms with E-state index in [1.807, 2.05) is 45.0 Å². The lowest BCUT2D eigenvalue weighted by molar-refractivity contribution is -0.122.